The van der Waals surface area contributed by atoms with E-state index in [4.69, 9.17) is 0 Å². The number of nitrogens with one attached hydrogen (secondary N) is 1. The average molecular weight is 152 g/mol. The molecule has 1 N–H and O–H groups in total. The van der Waals surface area contributed by atoms with Gasteiger partial charge < -0.3 is 5.32 Å². The van der Waals surface area contributed by atoms with Crippen LogP contribution < -0.4 is 5.32 Å². The first-order valence-corrected chi connectivity index (χ1v) is 4.01. The third-order valence-corrected chi connectivity index (χ3v) is 2.08. The van der Waals surface area contributed by atoms with Crippen molar-refractivity contribution in [3.05, 3.63) is 12.7 Å². The monoisotopic (exact) mass is 152 g/mol. The standard InChI is InChI=1S/C7H12N4/c1-2-7(4-8-3-1)11-6-9-5-10-11/h5-8H,1-4H2. The van der Waals surface area contributed by atoms with Gasteiger partial charge in [0, 0.05) is 6.54 Å². The van der Waals surface area contributed by atoms with E-state index >= 15 is 0 Å². The number of hydrogen-bond donors (Lipinski definition) is 1. The molecule has 0 bridgehead atoms. The molecule has 0 aromatic carbocycles. The van der Waals surface area contributed by atoms with Gasteiger partial charge in [-0.25, -0.2) is 9.67 Å². The van der Waals surface area contributed by atoms with Crippen LogP contribution in [0.5, 0.6) is 0 Å². The molecule has 1 aliphatic heterocycles. The Balaban J connectivity index is 2.04. The lowest BCUT2D eigenvalue weighted by atomic mass is 10.1. The summed E-state index contributed by atoms with van der Waals surface area (Å²) < 4.78 is 1.94. The molecule has 60 valence electrons. The van der Waals surface area contributed by atoms with Crippen LogP contribution in [0, 0.1) is 0 Å². The van der Waals surface area contributed by atoms with Crippen molar-refractivity contribution >= 4 is 0 Å². The molecule has 0 amide bonds. The van der Waals surface area contributed by atoms with Gasteiger partial charge in [0.15, 0.2) is 0 Å². The van der Waals surface area contributed by atoms with Crippen molar-refractivity contribution in [2.24, 2.45) is 0 Å². The van der Waals surface area contributed by atoms with E-state index in [2.05, 4.69) is 15.4 Å². The second-order valence-electron chi connectivity index (χ2n) is 2.88. The van der Waals surface area contributed by atoms with Crippen LogP contribution in [0.2, 0.25) is 0 Å². The highest BCUT2D eigenvalue weighted by molar-refractivity contribution is 4.74. The minimum Gasteiger partial charge on any atom is -0.315 e. The van der Waals surface area contributed by atoms with Crippen LogP contribution in [0.1, 0.15) is 18.9 Å². The SMILES string of the molecule is c1ncn(C2CCCNC2)n1. The van der Waals surface area contributed by atoms with Crippen molar-refractivity contribution in [2.45, 2.75) is 18.9 Å². The molecule has 2 rings (SSSR count). The van der Waals surface area contributed by atoms with Gasteiger partial charge in [-0.15, -0.1) is 0 Å². The van der Waals surface area contributed by atoms with Crippen molar-refractivity contribution in [1.82, 2.24) is 20.1 Å². The second kappa shape index (κ2) is 3.00. The van der Waals surface area contributed by atoms with Crippen LogP contribution in [0.3, 0.4) is 0 Å². The lowest BCUT2D eigenvalue weighted by Crippen LogP contribution is -2.31. The summed E-state index contributed by atoms with van der Waals surface area (Å²) in [4.78, 5) is 3.92. The molecule has 4 heteroatoms. The lowest BCUT2D eigenvalue weighted by molar-refractivity contribution is 0.346. The minimum atomic E-state index is 0.520. The molecule has 1 aromatic rings. The Kier molecular flexibility index (Phi) is 1.85. The molecule has 4 nitrogen and oxygen atoms in total. The first-order chi connectivity index (χ1) is 5.47. The summed E-state index contributed by atoms with van der Waals surface area (Å²) in [6.07, 6.45) is 5.84. The first-order valence-electron chi connectivity index (χ1n) is 4.01. The molecule has 1 aromatic heterocycles. The van der Waals surface area contributed by atoms with E-state index in [0.717, 1.165) is 13.1 Å². The predicted octanol–water partition coefficient (Wildman–Crippen LogP) is 0.203. The summed E-state index contributed by atoms with van der Waals surface area (Å²) in [5.74, 6) is 0. The minimum absolute atomic E-state index is 0.520. The van der Waals surface area contributed by atoms with Gasteiger partial charge in [-0.3, -0.25) is 0 Å². The zero-order chi connectivity index (χ0) is 7.52. The maximum Gasteiger partial charge on any atom is 0.137 e. The number of rotatable bonds is 1. The lowest BCUT2D eigenvalue weighted by Gasteiger charge is -2.22. The van der Waals surface area contributed by atoms with Crippen molar-refractivity contribution in [3.8, 4) is 0 Å². The summed E-state index contributed by atoms with van der Waals surface area (Å²) in [5.41, 5.74) is 0. The van der Waals surface area contributed by atoms with Crippen LogP contribution >= 0.6 is 0 Å². The van der Waals surface area contributed by atoms with Crippen LogP contribution in [0.25, 0.3) is 0 Å². The van der Waals surface area contributed by atoms with Gasteiger partial charge in [0.1, 0.15) is 12.7 Å². The Hall–Kier alpha value is -0.900. The zero-order valence-electron chi connectivity index (χ0n) is 6.40. The summed E-state index contributed by atoms with van der Waals surface area (Å²) in [6, 6.07) is 0.520. The van der Waals surface area contributed by atoms with E-state index in [1.165, 1.54) is 12.8 Å². The van der Waals surface area contributed by atoms with Gasteiger partial charge in [0.05, 0.1) is 6.04 Å². The Bertz CT molecular complexity index is 200. The average Bonchev–Trinajstić information content (AvgIpc) is 2.58. The summed E-state index contributed by atoms with van der Waals surface area (Å²) in [6.45, 7) is 2.18. The number of nitrogens with zero attached hydrogens (tertiary/aromatic N) is 3. The summed E-state index contributed by atoms with van der Waals surface area (Å²) >= 11 is 0. The Morgan fingerprint density at radius 2 is 2.55 bits per heavy atom. The molecule has 1 unspecified atom stereocenters. The highest BCUT2D eigenvalue weighted by Gasteiger charge is 2.14. The van der Waals surface area contributed by atoms with Gasteiger partial charge in [0.25, 0.3) is 0 Å². The van der Waals surface area contributed by atoms with Crippen molar-refractivity contribution in [2.75, 3.05) is 13.1 Å². The molecular formula is C7H12N4. The van der Waals surface area contributed by atoms with Gasteiger partial charge in [-0.05, 0) is 19.4 Å². The zero-order valence-corrected chi connectivity index (χ0v) is 6.40. The predicted molar refractivity (Wildman–Crippen MR) is 41.2 cm³/mol. The quantitative estimate of drug-likeness (QED) is 0.625. The molecular weight excluding hydrogens is 140 g/mol. The van der Waals surface area contributed by atoms with Crippen LogP contribution in [0.15, 0.2) is 12.7 Å². The van der Waals surface area contributed by atoms with Gasteiger partial charge in [-0.2, -0.15) is 5.10 Å². The molecule has 1 fully saturated rings. The topological polar surface area (TPSA) is 42.7 Å². The van der Waals surface area contributed by atoms with E-state index in [0.29, 0.717) is 6.04 Å². The first kappa shape index (κ1) is 6.79. The number of aromatic nitrogens is 3. The number of hydrogen-bond acceptors (Lipinski definition) is 3. The fourth-order valence-electron chi connectivity index (χ4n) is 1.47. The highest BCUT2D eigenvalue weighted by atomic mass is 15.3. The Morgan fingerprint density at radius 3 is 3.18 bits per heavy atom. The van der Waals surface area contributed by atoms with Crippen molar-refractivity contribution < 1.29 is 0 Å². The molecule has 0 saturated carbocycles. The Labute approximate surface area is 65.6 Å². The van der Waals surface area contributed by atoms with Crippen molar-refractivity contribution in [1.29, 1.82) is 0 Å². The second-order valence-corrected chi connectivity index (χ2v) is 2.88. The molecule has 1 atom stereocenters. The van der Waals surface area contributed by atoms with Gasteiger partial charge in [-0.1, -0.05) is 0 Å². The van der Waals surface area contributed by atoms with E-state index < -0.39 is 0 Å². The number of piperidine rings is 1. The largest absolute Gasteiger partial charge is 0.315 e. The summed E-state index contributed by atoms with van der Waals surface area (Å²) in [5, 5.41) is 7.44. The summed E-state index contributed by atoms with van der Waals surface area (Å²) in [7, 11) is 0. The third kappa shape index (κ3) is 1.40. The molecule has 1 aliphatic rings. The van der Waals surface area contributed by atoms with Crippen molar-refractivity contribution in [3.63, 3.8) is 0 Å². The fourth-order valence-corrected chi connectivity index (χ4v) is 1.47. The maximum absolute atomic E-state index is 4.11. The van der Waals surface area contributed by atoms with Gasteiger partial charge >= 0.3 is 0 Å². The third-order valence-electron chi connectivity index (χ3n) is 2.08. The highest BCUT2D eigenvalue weighted by Crippen LogP contribution is 2.13. The fraction of sp³-hybridized carbons (Fsp3) is 0.714. The van der Waals surface area contributed by atoms with E-state index in [9.17, 15) is 0 Å². The molecule has 0 spiro atoms. The smallest absolute Gasteiger partial charge is 0.137 e. The Morgan fingerprint density at radius 1 is 1.55 bits per heavy atom. The van der Waals surface area contributed by atoms with E-state index in [1.807, 2.05) is 4.68 Å². The molecule has 1 saturated heterocycles. The molecule has 0 radical (unpaired) electrons. The molecule has 11 heavy (non-hydrogen) atoms. The normalized spacial score (nSPS) is 25.3. The van der Waals surface area contributed by atoms with E-state index in [-0.39, 0.29) is 0 Å². The van der Waals surface area contributed by atoms with Crippen LogP contribution in [-0.2, 0) is 0 Å². The van der Waals surface area contributed by atoms with Crippen LogP contribution in [-0.4, -0.2) is 27.9 Å². The maximum atomic E-state index is 4.11. The van der Waals surface area contributed by atoms with E-state index in [1.54, 1.807) is 12.7 Å². The van der Waals surface area contributed by atoms with Crippen LogP contribution in [0.4, 0.5) is 0 Å². The van der Waals surface area contributed by atoms with Gasteiger partial charge in [0.2, 0.25) is 0 Å². The molecule has 2 heterocycles. The molecule has 0 aliphatic carbocycles.